The minimum atomic E-state index is -3.46. The van der Waals surface area contributed by atoms with Gasteiger partial charge in [0.05, 0.1) is 4.90 Å². The summed E-state index contributed by atoms with van der Waals surface area (Å²) in [6.07, 6.45) is 0. The van der Waals surface area contributed by atoms with Gasteiger partial charge in [0.15, 0.2) is 0 Å². The molecule has 2 N–H and O–H groups in total. The van der Waals surface area contributed by atoms with Gasteiger partial charge in [-0.25, -0.2) is 13.1 Å². The highest BCUT2D eigenvalue weighted by Crippen LogP contribution is 2.14. The summed E-state index contributed by atoms with van der Waals surface area (Å²) in [7, 11) is -2.11. The monoisotopic (exact) mass is 290 g/mol. The van der Waals surface area contributed by atoms with Gasteiger partial charge in [0.2, 0.25) is 10.0 Å². The Morgan fingerprint density at radius 2 is 1.55 bits per heavy atom. The predicted molar refractivity (Wildman–Crippen MR) is 77.1 cm³/mol. The van der Waals surface area contributed by atoms with E-state index in [1.807, 2.05) is 6.07 Å². The Morgan fingerprint density at radius 3 is 2.10 bits per heavy atom. The molecular formula is C14H14N2O3S. The van der Waals surface area contributed by atoms with Crippen molar-refractivity contribution in [3.63, 3.8) is 0 Å². The number of hydrogen-bond donors (Lipinski definition) is 2. The summed E-state index contributed by atoms with van der Waals surface area (Å²) in [5, 5.41) is 2.70. The smallest absolute Gasteiger partial charge is 0.255 e. The largest absolute Gasteiger partial charge is 0.322 e. The molecule has 0 aliphatic rings. The quantitative estimate of drug-likeness (QED) is 0.902. The number of rotatable bonds is 4. The highest BCUT2D eigenvalue weighted by atomic mass is 32.2. The molecule has 0 aliphatic carbocycles. The molecular weight excluding hydrogens is 276 g/mol. The van der Waals surface area contributed by atoms with Crippen LogP contribution in [0.4, 0.5) is 5.69 Å². The molecule has 0 saturated carbocycles. The average molecular weight is 290 g/mol. The van der Waals surface area contributed by atoms with E-state index >= 15 is 0 Å². The molecule has 0 bridgehead atoms. The SMILES string of the molecule is CNS(=O)(=O)c1ccc(NC(=O)c2ccccc2)cc1. The van der Waals surface area contributed by atoms with Crippen molar-refractivity contribution in [2.75, 3.05) is 12.4 Å². The lowest BCUT2D eigenvalue weighted by molar-refractivity contribution is 0.102. The van der Waals surface area contributed by atoms with Crippen LogP contribution in [0.1, 0.15) is 10.4 Å². The first kappa shape index (κ1) is 14.2. The number of anilines is 1. The second-order valence-corrected chi connectivity index (χ2v) is 5.94. The second kappa shape index (κ2) is 5.85. The first-order chi connectivity index (χ1) is 9.53. The lowest BCUT2D eigenvalue weighted by Crippen LogP contribution is -2.18. The van der Waals surface area contributed by atoms with Crippen LogP contribution in [0, 0.1) is 0 Å². The summed E-state index contributed by atoms with van der Waals surface area (Å²) < 4.78 is 25.3. The van der Waals surface area contributed by atoms with Gasteiger partial charge in [0, 0.05) is 11.3 Å². The summed E-state index contributed by atoms with van der Waals surface area (Å²) in [5.74, 6) is -0.241. The fraction of sp³-hybridized carbons (Fsp3) is 0.0714. The zero-order chi connectivity index (χ0) is 14.6. The molecule has 0 spiro atoms. The lowest BCUT2D eigenvalue weighted by atomic mass is 10.2. The van der Waals surface area contributed by atoms with Crippen LogP contribution >= 0.6 is 0 Å². The van der Waals surface area contributed by atoms with Crippen LogP contribution in [0.2, 0.25) is 0 Å². The molecule has 0 heterocycles. The highest BCUT2D eigenvalue weighted by Gasteiger charge is 2.11. The predicted octanol–water partition coefficient (Wildman–Crippen LogP) is 1.85. The molecule has 2 aromatic carbocycles. The fourth-order valence-electron chi connectivity index (χ4n) is 1.63. The van der Waals surface area contributed by atoms with Crippen LogP contribution in [-0.4, -0.2) is 21.4 Å². The van der Waals surface area contributed by atoms with Gasteiger partial charge in [-0.05, 0) is 43.4 Å². The average Bonchev–Trinajstić information content (AvgIpc) is 2.48. The van der Waals surface area contributed by atoms with Crippen molar-refractivity contribution < 1.29 is 13.2 Å². The van der Waals surface area contributed by atoms with Crippen LogP contribution < -0.4 is 10.0 Å². The van der Waals surface area contributed by atoms with Crippen molar-refractivity contribution in [1.82, 2.24) is 4.72 Å². The van der Waals surface area contributed by atoms with E-state index in [2.05, 4.69) is 10.0 Å². The van der Waals surface area contributed by atoms with Crippen LogP contribution in [-0.2, 0) is 10.0 Å². The van der Waals surface area contributed by atoms with Gasteiger partial charge in [-0.3, -0.25) is 4.79 Å². The molecule has 0 atom stereocenters. The number of nitrogens with one attached hydrogen (secondary N) is 2. The second-order valence-electron chi connectivity index (χ2n) is 4.05. The van der Waals surface area contributed by atoms with Gasteiger partial charge >= 0.3 is 0 Å². The van der Waals surface area contributed by atoms with E-state index in [-0.39, 0.29) is 10.8 Å². The molecule has 104 valence electrons. The Labute approximate surface area is 117 Å². The molecule has 0 aliphatic heterocycles. The maximum atomic E-state index is 11.9. The Bertz CT molecular complexity index is 695. The molecule has 2 aromatic rings. The Kier molecular flexibility index (Phi) is 4.16. The zero-order valence-corrected chi connectivity index (χ0v) is 11.6. The highest BCUT2D eigenvalue weighted by molar-refractivity contribution is 7.89. The van der Waals surface area contributed by atoms with E-state index in [0.717, 1.165) is 0 Å². The summed E-state index contributed by atoms with van der Waals surface area (Å²) >= 11 is 0. The molecule has 0 radical (unpaired) electrons. The Hall–Kier alpha value is -2.18. The van der Waals surface area contributed by atoms with E-state index in [1.165, 1.54) is 19.2 Å². The third kappa shape index (κ3) is 3.23. The molecule has 0 unspecified atom stereocenters. The topological polar surface area (TPSA) is 75.3 Å². The van der Waals surface area contributed by atoms with Crippen molar-refractivity contribution in [1.29, 1.82) is 0 Å². The third-order valence-electron chi connectivity index (χ3n) is 2.73. The molecule has 1 amide bonds. The minimum absolute atomic E-state index is 0.151. The van der Waals surface area contributed by atoms with Crippen LogP contribution in [0.25, 0.3) is 0 Å². The summed E-state index contributed by atoms with van der Waals surface area (Å²) in [6.45, 7) is 0. The summed E-state index contributed by atoms with van der Waals surface area (Å²) in [5.41, 5.74) is 1.08. The Morgan fingerprint density at radius 1 is 0.950 bits per heavy atom. The van der Waals surface area contributed by atoms with Crippen LogP contribution in [0.5, 0.6) is 0 Å². The van der Waals surface area contributed by atoms with E-state index in [0.29, 0.717) is 11.3 Å². The van der Waals surface area contributed by atoms with Crippen LogP contribution in [0.15, 0.2) is 59.5 Å². The normalized spacial score (nSPS) is 11.1. The van der Waals surface area contributed by atoms with Gasteiger partial charge in [-0.15, -0.1) is 0 Å². The van der Waals surface area contributed by atoms with Crippen molar-refractivity contribution in [2.45, 2.75) is 4.90 Å². The molecule has 0 saturated heterocycles. The maximum Gasteiger partial charge on any atom is 0.255 e. The number of carbonyl (C=O) groups is 1. The van der Waals surface area contributed by atoms with Gasteiger partial charge in [0.25, 0.3) is 5.91 Å². The number of sulfonamides is 1. The van der Waals surface area contributed by atoms with Crippen molar-refractivity contribution >= 4 is 21.6 Å². The van der Waals surface area contributed by atoms with Crippen molar-refractivity contribution in [2.24, 2.45) is 0 Å². The van der Waals surface area contributed by atoms with Gasteiger partial charge < -0.3 is 5.32 Å². The molecule has 6 heteroatoms. The molecule has 2 rings (SSSR count). The van der Waals surface area contributed by atoms with E-state index < -0.39 is 10.0 Å². The van der Waals surface area contributed by atoms with Crippen molar-refractivity contribution in [3.8, 4) is 0 Å². The maximum absolute atomic E-state index is 11.9. The first-order valence-electron chi connectivity index (χ1n) is 5.93. The van der Waals surface area contributed by atoms with Gasteiger partial charge in [-0.2, -0.15) is 0 Å². The summed E-state index contributed by atoms with van der Waals surface area (Å²) in [6, 6.07) is 14.8. The number of benzene rings is 2. The number of amides is 1. The number of carbonyl (C=O) groups excluding carboxylic acids is 1. The standard InChI is InChI=1S/C14H14N2O3S/c1-15-20(18,19)13-9-7-12(8-10-13)16-14(17)11-5-3-2-4-6-11/h2-10,15H,1H3,(H,16,17). The number of hydrogen-bond acceptors (Lipinski definition) is 3. The van der Waals surface area contributed by atoms with Crippen molar-refractivity contribution in [3.05, 3.63) is 60.2 Å². The van der Waals surface area contributed by atoms with Gasteiger partial charge in [0.1, 0.15) is 0 Å². The van der Waals surface area contributed by atoms with E-state index in [4.69, 9.17) is 0 Å². The zero-order valence-electron chi connectivity index (χ0n) is 10.8. The minimum Gasteiger partial charge on any atom is -0.322 e. The molecule has 0 aromatic heterocycles. The summed E-state index contributed by atoms with van der Waals surface area (Å²) in [4.78, 5) is 12.1. The third-order valence-corrected chi connectivity index (χ3v) is 4.16. The van der Waals surface area contributed by atoms with Gasteiger partial charge in [-0.1, -0.05) is 18.2 Å². The molecule has 20 heavy (non-hydrogen) atoms. The Balaban J connectivity index is 2.14. The molecule has 0 fully saturated rings. The molecule has 5 nitrogen and oxygen atoms in total. The fourth-order valence-corrected chi connectivity index (χ4v) is 2.36. The van der Waals surface area contributed by atoms with E-state index in [9.17, 15) is 13.2 Å². The van der Waals surface area contributed by atoms with E-state index in [1.54, 1.807) is 36.4 Å². The van der Waals surface area contributed by atoms with Crippen LogP contribution in [0.3, 0.4) is 0 Å². The lowest BCUT2D eigenvalue weighted by Gasteiger charge is -2.07. The first-order valence-corrected chi connectivity index (χ1v) is 7.41.